The maximum atomic E-state index is 12.5. The number of aromatic nitrogens is 1. The highest BCUT2D eigenvalue weighted by Gasteiger charge is 2.27. The van der Waals surface area contributed by atoms with Crippen LogP contribution >= 0.6 is 0 Å². The Hall–Kier alpha value is -2.69. The molecule has 1 fully saturated rings. The van der Waals surface area contributed by atoms with Crippen molar-refractivity contribution in [2.45, 2.75) is 38.0 Å². The van der Waals surface area contributed by atoms with Gasteiger partial charge in [0, 0.05) is 23.7 Å². The Kier molecular flexibility index (Phi) is 6.80. The number of carboxylic acids is 1. The number of carbonyl (C=O) groups is 1. The highest BCUT2D eigenvalue weighted by molar-refractivity contribution is 5.92. The van der Waals surface area contributed by atoms with Gasteiger partial charge in [-0.2, -0.15) is 5.26 Å². The Morgan fingerprint density at radius 1 is 1.21 bits per heavy atom. The van der Waals surface area contributed by atoms with Crippen LogP contribution in [0.1, 0.15) is 53.1 Å². The molecule has 2 aromatic rings. The predicted octanol–water partition coefficient (Wildman–Crippen LogP) is 2.98. The second kappa shape index (κ2) is 9.49. The van der Waals surface area contributed by atoms with Gasteiger partial charge in [-0.05, 0) is 54.9 Å². The van der Waals surface area contributed by atoms with Gasteiger partial charge < -0.3 is 19.6 Å². The summed E-state index contributed by atoms with van der Waals surface area (Å²) in [6, 6.07) is 5.87. The van der Waals surface area contributed by atoms with E-state index in [9.17, 15) is 14.7 Å². The van der Waals surface area contributed by atoms with Gasteiger partial charge in [0.15, 0.2) is 0 Å². The first-order valence-electron chi connectivity index (χ1n) is 9.55. The summed E-state index contributed by atoms with van der Waals surface area (Å²) in [6.45, 7) is 1.96. The molecule has 0 bridgehead atoms. The van der Waals surface area contributed by atoms with Crippen LogP contribution in [-0.2, 0) is 15.9 Å². The van der Waals surface area contributed by atoms with E-state index in [2.05, 4.69) is 4.98 Å². The molecule has 7 nitrogen and oxygen atoms in total. The molecule has 1 saturated carbocycles. The van der Waals surface area contributed by atoms with Gasteiger partial charge in [0.25, 0.3) is 0 Å². The van der Waals surface area contributed by atoms with Crippen molar-refractivity contribution in [1.29, 1.82) is 5.26 Å². The number of ether oxygens (including phenoxy) is 2. The summed E-state index contributed by atoms with van der Waals surface area (Å²) in [6.07, 6.45) is 5.53. The number of rotatable bonds is 11. The second-order valence-corrected chi connectivity index (χ2v) is 6.94. The minimum atomic E-state index is -1.22. The highest BCUT2D eigenvalue weighted by Crippen LogP contribution is 2.42. The fourth-order valence-electron chi connectivity index (χ4n) is 3.28. The number of nitrogens with one attached hydrogen (secondary N) is 1. The second-order valence-electron chi connectivity index (χ2n) is 6.94. The number of benzene rings is 1. The number of nitrogens with zero attached hydrogens (tertiary/aromatic N) is 1. The van der Waals surface area contributed by atoms with Gasteiger partial charge in [-0.1, -0.05) is 0 Å². The Labute approximate surface area is 162 Å². The first-order chi connectivity index (χ1) is 13.6. The van der Waals surface area contributed by atoms with E-state index in [1.54, 1.807) is 0 Å². The van der Waals surface area contributed by atoms with Crippen molar-refractivity contribution in [2.24, 2.45) is 0 Å². The summed E-state index contributed by atoms with van der Waals surface area (Å²) in [4.78, 5) is 26.7. The van der Waals surface area contributed by atoms with Gasteiger partial charge in [0.05, 0.1) is 32.3 Å². The number of fused-ring (bicyclic) bond motifs is 1. The first-order valence-corrected chi connectivity index (χ1v) is 9.55. The third-order valence-electron chi connectivity index (χ3n) is 4.85. The van der Waals surface area contributed by atoms with Gasteiger partial charge in [-0.15, -0.1) is 0 Å². The minimum Gasteiger partial charge on any atom is -0.477 e. The van der Waals surface area contributed by atoms with Crippen LogP contribution in [0.15, 0.2) is 23.1 Å². The van der Waals surface area contributed by atoms with Crippen LogP contribution < -0.4 is 5.43 Å². The summed E-state index contributed by atoms with van der Waals surface area (Å²) < 4.78 is 10.8. The fourth-order valence-corrected chi connectivity index (χ4v) is 3.28. The molecule has 28 heavy (non-hydrogen) atoms. The summed E-state index contributed by atoms with van der Waals surface area (Å²) >= 11 is 0. The van der Waals surface area contributed by atoms with E-state index in [1.807, 2.05) is 18.2 Å². The lowest BCUT2D eigenvalue weighted by Gasteiger charge is -2.12. The minimum absolute atomic E-state index is 0.239. The Bertz CT molecular complexity index is 940. The molecule has 3 rings (SSSR count). The summed E-state index contributed by atoms with van der Waals surface area (Å²) in [5.74, 6) is -0.696. The Balaban J connectivity index is 1.64. The van der Waals surface area contributed by atoms with Crippen LogP contribution in [0.25, 0.3) is 10.9 Å². The zero-order valence-corrected chi connectivity index (χ0v) is 15.7. The highest BCUT2D eigenvalue weighted by atomic mass is 16.5. The monoisotopic (exact) mass is 384 g/mol. The molecule has 1 aliphatic carbocycles. The third-order valence-corrected chi connectivity index (χ3v) is 4.85. The van der Waals surface area contributed by atoms with Crippen LogP contribution in [0, 0.1) is 11.3 Å². The number of carboxylic acid groups (broad SMARTS) is 1. The van der Waals surface area contributed by atoms with Crippen molar-refractivity contribution in [3.63, 3.8) is 0 Å². The largest absolute Gasteiger partial charge is 0.477 e. The molecular formula is C21H24N2O5. The number of hydrogen-bond acceptors (Lipinski definition) is 5. The number of hydrogen-bond donors (Lipinski definition) is 2. The van der Waals surface area contributed by atoms with E-state index in [1.165, 1.54) is 11.8 Å². The van der Waals surface area contributed by atoms with Gasteiger partial charge in [-0.25, -0.2) is 4.79 Å². The zero-order valence-electron chi connectivity index (χ0n) is 15.7. The maximum absolute atomic E-state index is 12.5. The first kappa shape index (κ1) is 20.1. The molecule has 0 atom stereocenters. The average Bonchev–Trinajstić information content (AvgIpc) is 3.51. The number of aryl methyl sites for hydroxylation is 1. The zero-order chi connectivity index (χ0) is 19.9. The van der Waals surface area contributed by atoms with Crippen LogP contribution in [0.2, 0.25) is 0 Å². The normalized spacial score (nSPS) is 13.5. The molecule has 148 valence electrons. The Morgan fingerprint density at radius 3 is 2.64 bits per heavy atom. The van der Waals surface area contributed by atoms with Gasteiger partial charge in [-0.3, -0.25) is 4.79 Å². The van der Waals surface area contributed by atoms with Crippen LogP contribution in [0.4, 0.5) is 0 Å². The van der Waals surface area contributed by atoms with Gasteiger partial charge >= 0.3 is 5.97 Å². The molecule has 0 saturated heterocycles. The molecule has 0 amide bonds. The summed E-state index contributed by atoms with van der Waals surface area (Å²) in [5, 5.41) is 18.0. The lowest BCUT2D eigenvalue weighted by molar-refractivity contribution is 0.0490. The van der Waals surface area contributed by atoms with E-state index in [4.69, 9.17) is 14.7 Å². The maximum Gasteiger partial charge on any atom is 0.341 e. The third kappa shape index (κ3) is 4.97. The van der Waals surface area contributed by atoms with E-state index < -0.39 is 11.4 Å². The number of pyridine rings is 1. The predicted molar refractivity (Wildman–Crippen MR) is 104 cm³/mol. The van der Waals surface area contributed by atoms with Crippen molar-refractivity contribution in [2.75, 3.05) is 26.4 Å². The van der Waals surface area contributed by atoms with Crippen molar-refractivity contribution in [1.82, 2.24) is 4.98 Å². The molecule has 1 aromatic heterocycles. The quantitative estimate of drug-likeness (QED) is 0.576. The summed E-state index contributed by atoms with van der Waals surface area (Å²) in [5.41, 5.74) is 2.34. The average molecular weight is 384 g/mol. The molecule has 7 heteroatoms. The molecule has 2 N–H and O–H groups in total. The number of aromatic carboxylic acids is 1. The smallest absolute Gasteiger partial charge is 0.341 e. The standard InChI is InChI=1S/C21H24N2O5/c22-6-2-8-28-10-9-27-7-1-3-15-11-17-19(12-16(15)14-4-5-14)23-13-18(20(17)24)21(25)26/h11-14H,1-5,7-10H2,(H,23,24)(H,25,26). The SMILES string of the molecule is N#CCCOCCOCCCc1cc2c(=O)c(C(=O)O)c[nH]c2cc1C1CC1. The van der Waals surface area contributed by atoms with Crippen LogP contribution in [-0.4, -0.2) is 42.5 Å². The molecule has 1 aliphatic rings. The van der Waals surface area contributed by atoms with Crippen LogP contribution in [0.5, 0.6) is 0 Å². The number of H-pyrrole nitrogens is 1. The lowest BCUT2D eigenvalue weighted by Crippen LogP contribution is -2.16. The van der Waals surface area contributed by atoms with Crippen molar-refractivity contribution in [3.05, 3.63) is 45.2 Å². The lowest BCUT2D eigenvalue weighted by atomic mass is 9.96. The van der Waals surface area contributed by atoms with Crippen LogP contribution in [0.3, 0.4) is 0 Å². The summed E-state index contributed by atoms with van der Waals surface area (Å²) in [7, 11) is 0. The van der Waals surface area contributed by atoms with Gasteiger partial charge in [0.2, 0.25) is 5.43 Å². The molecule has 0 radical (unpaired) electrons. The van der Waals surface area contributed by atoms with Crippen molar-refractivity contribution < 1.29 is 19.4 Å². The molecular weight excluding hydrogens is 360 g/mol. The Morgan fingerprint density at radius 2 is 1.96 bits per heavy atom. The topological polar surface area (TPSA) is 112 Å². The molecule has 0 spiro atoms. The number of nitriles is 1. The molecule has 0 unspecified atom stereocenters. The van der Waals surface area contributed by atoms with Crippen molar-refractivity contribution in [3.8, 4) is 6.07 Å². The van der Waals surface area contributed by atoms with E-state index >= 15 is 0 Å². The van der Waals surface area contributed by atoms with Crippen molar-refractivity contribution >= 4 is 16.9 Å². The van der Waals surface area contributed by atoms with E-state index in [0.29, 0.717) is 49.7 Å². The van der Waals surface area contributed by atoms with E-state index in [0.717, 1.165) is 31.2 Å². The number of aromatic amines is 1. The fraction of sp³-hybridized carbons (Fsp3) is 0.476. The van der Waals surface area contributed by atoms with Gasteiger partial charge in [0.1, 0.15) is 5.56 Å². The molecule has 1 heterocycles. The van der Waals surface area contributed by atoms with E-state index in [-0.39, 0.29) is 5.56 Å². The molecule has 1 aromatic carbocycles. The molecule has 0 aliphatic heterocycles.